The highest BCUT2D eigenvalue weighted by Crippen LogP contribution is 2.31. The van der Waals surface area contributed by atoms with E-state index in [0.717, 1.165) is 10.0 Å². The molecular weight excluding hydrogens is 346 g/mol. The van der Waals surface area contributed by atoms with E-state index in [4.69, 9.17) is 17.0 Å². The van der Waals surface area contributed by atoms with E-state index in [1.54, 1.807) is 12.2 Å². The molecular formula is C13H10BrNO2S2. The van der Waals surface area contributed by atoms with Crippen molar-refractivity contribution in [1.82, 2.24) is 5.32 Å². The lowest BCUT2D eigenvalue weighted by atomic mass is 10.2. The molecule has 0 radical (unpaired) electrons. The molecule has 1 aliphatic rings. The van der Waals surface area contributed by atoms with Crippen molar-refractivity contribution >= 4 is 56.2 Å². The molecule has 0 atom stereocenters. The molecule has 1 fully saturated rings. The molecule has 6 heteroatoms. The van der Waals surface area contributed by atoms with Gasteiger partial charge in [-0.25, -0.2) is 0 Å². The summed E-state index contributed by atoms with van der Waals surface area (Å²) >= 11 is 9.60. The number of benzene rings is 1. The average Bonchev–Trinajstić information content (AvgIpc) is 2.67. The minimum atomic E-state index is -0.176. The molecule has 98 valence electrons. The summed E-state index contributed by atoms with van der Waals surface area (Å²) in [6.45, 7) is 4.03. The van der Waals surface area contributed by atoms with Crippen LogP contribution >= 0.6 is 39.9 Å². The van der Waals surface area contributed by atoms with E-state index in [9.17, 15) is 4.79 Å². The summed E-state index contributed by atoms with van der Waals surface area (Å²) < 4.78 is 6.94. The summed E-state index contributed by atoms with van der Waals surface area (Å²) in [5, 5.41) is 2.58. The van der Waals surface area contributed by atoms with Gasteiger partial charge in [-0.05, 0) is 24.3 Å². The van der Waals surface area contributed by atoms with Gasteiger partial charge < -0.3 is 10.1 Å². The van der Waals surface area contributed by atoms with Crippen LogP contribution < -0.4 is 10.1 Å². The second-order valence-electron chi connectivity index (χ2n) is 3.63. The Kier molecular flexibility index (Phi) is 4.79. The van der Waals surface area contributed by atoms with Crippen molar-refractivity contribution in [3.05, 3.63) is 45.8 Å². The SMILES string of the molecule is C=CCOc1ccc(Br)cc1C=C1SC(=S)NC1=O. The van der Waals surface area contributed by atoms with E-state index in [2.05, 4.69) is 27.8 Å². The van der Waals surface area contributed by atoms with Crippen LogP contribution in [0, 0.1) is 0 Å². The lowest BCUT2D eigenvalue weighted by molar-refractivity contribution is -0.115. The minimum Gasteiger partial charge on any atom is -0.489 e. The number of hydrogen-bond acceptors (Lipinski definition) is 4. The fourth-order valence-electron chi connectivity index (χ4n) is 1.47. The molecule has 0 saturated carbocycles. The number of hydrogen-bond donors (Lipinski definition) is 1. The molecule has 1 heterocycles. The highest BCUT2D eigenvalue weighted by Gasteiger charge is 2.22. The summed E-state index contributed by atoms with van der Waals surface area (Å²) in [6.07, 6.45) is 3.44. The first-order valence-corrected chi connectivity index (χ1v) is 7.40. The van der Waals surface area contributed by atoms with Crippen LogP contribution in [0.25, 0.3) is 6.08 Å². The van der Waals surface area contributed by atoms with Crippen LogP contribution in [0.1, 0.15) is 5.56 Å². The van der Waals surface area contributed by atoms with Crippen molar-refractivity contribution in [2.75, 3.05) is 6.61 Å². The Morgan fingerprint density at radius 2 is 2.32 bits per heavy atom. The van der Waals surface area contributed by atoms with Gasteiger partial charge >= 0.3 is 0 Å². The molecule has 1 saturated heterocycles. The Morgan fingerprint density at radius 3 is 2.95 bits per heavy atom. The van der Waals surface area contributed by atoms with Gasteiger partial charge in [-0.3, -0.25) is 4.79 Å². The predicted octanol–water partition coefficient (Wildman–Crippen LogP) is 3.50. The van der Waals surface area contributed by atoms with E-state index in [1.807, 2.05) is 18.2 Å². The van der Waals surface area contributed by atoms with Gasteiger partial charge in [0.05, 0.1) is 4.91 Å². The smallest absolute Gasteiger partial charge is 0.263 e. The summed E-state index contributed by atoms with van der Waals surface area (Å²) in [6, 6.07) is 5.61. The van der Waals surface area contributed by atoms with Crippen LogP contribution in [0.2, 0.25) is 0 Å². The molecule has 1 N–H and O–H groups in total. The summed E-state index contributed by atoms with van der Waals surface area (Å²) in [5.74, 6) is 0.520. The van der Waals surface area contributed by atoms with E-state index >= 15 is 0 Å². The largest absolute Gasteiger partial charge is 0.489 e. The van der Waals surface area contributed by atoms with Crippen LogP contribution in [0.15, 0.2) is 40.2 Å². The van der Waals surface area contributed by atoms with Gasteiger partial charge in [0.25, 0.3) is 5.91 Å². The first-order valence-electron chi connectivity index (χ1n) is 5.38. The first kappa shape index (κ1) is 14.3. The third-order valence-electron chi connectivity index (χ3n) is 2.26. The molecule has 1 aliphatic heterocycles. The van der Waals surface area contributed by atoms with Crippen LogP contribution in [-0.2, 0) is 4.79 Å². The Hall–Kier alpha value is -1.11. The number of nitrogens with one attached hydrogen (secondary N) is 1. The molecule has 0 unspecified atom stereocenters. The van der Waals surface area contributed by atoms with Gasteiger partial charge in [-0.15, -0.1) is 0 Å². The zero-order chi connectivity index (χ0) is 13.8. The van der Waals surface area contributed by atoms with Crippen molar-refractivity contribution in [3.8, 4) is 5.75 Å². The Bertz CT molecular complexity index is 584. The van der Waals surface area contributed by atoms with Crippen molar-refractivity contribution in [2.24, 2.45) is 0 Å². The van der Waals surface area contributed by atoms with Crippen LogP contribution in [0.5, 0.6) is 5.75 Å². The van der Waals surface area contributed by atoms with E-state index in [0.29, 0.717) is 21.6 Å². The normalized spacial score (nSPS) is 16.6. The van der Waals surface area contributed by atoms with Gasteiger partial charge in [0, 0.05) is 10.0 Å². The second-order valence-corrected chi connectivity index (χ2v) is 6.27. The Balaban J connectivity index is 2.35. The maximum atomic E-state index is 11.6. The Morgan fingerprint density at radius 1 is 1.53 bits per heavy atom. The summed E-state index contributed by atoms with van der Waals surface area (Å²) in [7, 11) is 0. The lowest BCUT2D eigenvalue weighted by Crippen LogP contribution is -2.17. The second kappa shape index (κ2) is 6.36. The number of rotatable bonds is 4. The number of carbonyl (C=O) groups is 1. The van der Waals surface area contributed by atoms with Crippen LogP contribution in [0.4, 0.5) is 0 Å². The molecule has 0 aromatic heterocycles. The van der Waals surface area contributed by atoms with E-state index < -0.39 is 0 Å². The fraction of sp³-hybridized carbons (Fsp3) is 0.0769. The summed E-state index contributed by atoms with van der Waals surface area (Å²) in [5.41, 5.74) is 0.818. The number of halogens is 1. The van der Waals surface area contributed by atoms with Gasteiger partial charge in [-0.2, -0.15) is 0 Å². The third kappa shape index (κ3) is 3.68. The maximum absolute atomic E-state index is 11.6. The standard InChI is InChI=1S/C13H10BrNO2S2/c1-2-5-17-10-4-3-9(14)6-8(10)7-11-12(16)15-13(18)19-11/h2-4,6-7H,1,5H2,(H,15,16,18). The fourth-order valence-corrected chi connectivity index (χ4v) is 2.89. The van der Waals surface area contributed by atoms with Crippen LogP contribution in [0.3, 0.4) is 0 Å². The molecule has 1 aromatic rings. The number of carbonyl (C=O) groups excluding carboxylic acids is 1. The highest BCUT2D eigenvalue weighted by molar-refractivity contribution is 9.10. The zero-order valence-corrected chi connectivity index (χ0v) is 13.0. The lowest BCUT2D eigenvalue weighted by Gasteiger charge is -2.08. The van der Waals surface area contributed by atoms with Gasteiger partial charge in [0.2, 0.25) is 0 Å². The van der Waals surface area contributed by atoms with Crippen molar-refractivity contribution in [3.63, 3.8) is 0 Å². The molecule has 0 spiro atoms. The highest BCUT2D eigenvalue weighted by atomic mass is 79.9. The number of thioether (sulfide) groups is 1. The predicted molar refractivity (Wildman–Crippen MR) is 86.1 cm³/mol. The molecule has 0 bridgehead atoms. The number of ether oxygens (including phenoxy) is 1. The van der Waals surface area contributed by atoms with Crippen molar-refractivity contribution < 1.29 is 9.53 Å². The zero-order valence-electron chi connectivity index (χ0n) is 9.81. The van der Waals surface area contributed by atoms with Crippen LogP contribution in [-0.4, -0.2) is 16.8 Å². The van der Waals surface area contributed by atoms with Crippen molar-refractivity contribution in [1.29, 1.82) is 0 Å². The summed E-state index contributed by atoms with van der Waals surface area (Å²) in [4.78, 5) is 12.2. The molecule has 19 heavy (non-hydrogen) atoms. The number of thiocarbonyl (C=S) groups is 1. The molecule has 0 aliphatic carbocycles. The molecule has 1 amide bonds. The third-order valence-corrected chi connectivity index (χ3v) is 3.91. The molecule has 3 nitrogen and oxygen atoms in total. The molecule has 2 rings (SSSR count). The average molecular weight is 356 g/mol. The van der Waals surface area contributed by atoms with E-state index in [1.165, 1.54) is 11.8 Å². The first-order chi connectivity index (χ1) is 9.10. The quantitative estimate of drug-likeness (QED) is 0.509. The van der Waals surface area contributed by atoms with E-state index in [-0.39, 0.29) is 5.91 Å². The molecule has 1 aromatic carbocycles. The van der Waals surface area contributed by atoms with Gasteiger partial charge in [-0.1, -0.05) is 52.6 Å². The van der Waals surface area contributed by atoms with Gasteiger partial charge in [0.1, 0.15) is 16.7 Å². The maximum Gasteiger partial charge on any atom is 0.263 e. The topological polar surface area (TPSA) is 38.3 Å². The Labute approximate surface area is 129 Å². The minimum absolute atomic E-state index is 0.176. The monoisotopic (exact) mass is 355 g/mol. The number of amides is 1. The van der Waals surface area contributed by atoms with Crippen molar-refractivity contribution in [2.45, 2.75) is 0 Å². The van der Waals surface area contributed by atoms with Gasteiger partial charge in [0.15, 0.2) is 0 Å².